The van der Waals surface area contributed by atoms with Crippen molar-refractivity contribution in [1.82, 2.24) is 19.4 Å². The first kappa shape index (κ1) is 34.2. The highest BCUT2D eigenvalue weighted by Crippen LogP contribution is 2.40. The summed E-state index contributed by atoms with van der Waals surface area (Å²) in [7, 11) is 0. The SMILES string of the molecule is Cc1cc(-c2cc(Cl)ccc2OCCn2c(C)nc3c(c2=O)C[C@@H](N2CCC(c4cc(F)cc(F)c4F)CC2)CC3)c2scc(C(=O)O)c2n1. The predicted octanol–water partition coefficient (Wildman–Crippen LogP) is 7.72. The number of hydrogen-bond acceptors (Lipinski definition) is 7. The number of rotatable bonds is 8. The van der Waals surface area contributed by atoms with Gasteiger partial charge < -0.3 is 9.84 Å². The third-order valence-corrected chi connectivity index (χ3v) is 11.1. The van der Waals surface area contributed by atoms with Crippen molar-refractivity contribution >= 4 is 39.1 Å². The number of carboxylic acid groups (broad SMARTS) is 1. The van der Waals surface area contributed by atoms with E-state index in [4.69, 9.17) is 21.3 Å². The molecule has 4 heterocycles. The minimum atomic E-state index is -1.16. The Kier molecular flexibility index (Phi) is 9.44. The summed E-state index contributed by atoms with van der Waals surface area (Å²) >= 11 is 7.71. The van der Waals surface area contributed by atoms with Crippen LogP contribution >= 0.6 is 22.9 Å². The van der Waals surface area contributed by atoms with Crippen molar-refractivity contribution in [3.05, 3.63) is 109 Å². The van der Waals surface area contributed by atoms with Gasteiger partial charge in [-0.2, -0.15) is 0 Å². The fourth-order valence-corrected chi connectivity index (χ4v) is 8.59. The van der Waals surface area contributed by atoms with E-state index in [9.17, 15) is 27.9 Å². The van der Waals surface area contributed by atoms with Crippen molar-refractivity contribution in [3.63, 3.8) is 0 Å². The number of piperidine rings is 1. The summed E-state index contributed by atoms with van der Waals surface area (Å²) in [6.07, 6.45) is 3.17. The fraction of sp³-hybridized carbons (Fsp3) is 0.351. The summed E-state index contributed by atoms with van der Waals surface area (Å²) in [5, 5.41) is 11.7. The molecule has 2 aromatic carbocycles. The van der Waals surface area contributed by atoms with Gasteiger partial charge in [0.2, 0.25) is 0 Å². The van der Waals surface area contributed by atoms with Gasteiger partial charge in [0.05, 0.1) is 28.0 Å². The number of fused-ring (bicyclic) bond motifs is 2. The van der Waals surface area contributed by atoms with Gasteiger partial charge in [0.1, 0.15) is 24.0 Å². The van der Waals surface area contributed by atoms with Crippen molar-refractivity contribution in [3.8, 4) is 16.9 Å². The lowest BCUT2D eigenvalue weighted by Gasteiger charge is -2.39. The molecule has 0 unspecified atom stereocenters. The monoisotopic (exact) mass is 722 g/mol. The molecule has 7 rings (SSSR count). The number of nitrogens with zero attached hydrogens (tertiary/aromatic N) is 4. The van der Waals surface area contributed by atoms with E-state index in [0.717, 1.165) is 23.7 Å². The third kappa shape index (κ3) is 6.52. The number of aromatic nitrogens is 3. The molecule has 260 valence electrons. The molecule has 13 heteroatoms. The van der Waals surface area contributed by atoms with E-state index in [0.29, 0.717) is 88.5 Å². The van der Waals surface area contributed by atoms with Crippen LogP contribution in [0, 0.1) is 31.3 Å². The third-order valence-electron chi connectivity index (χ3n) is 9.89. The Morgan fingerprint density at radius 3 is 2.60 bits per heavy atom. The van der Waals surface area contributed by atoms with Crippen molar-refractivity contribution in [2.75, 3.05) is 19.7 Å². The number of carboxylic acids is 1. The first-order valence-electron chi connectivity index (χ1n) is 16.5. The molecule has 2 aliphatic rings. The average molecular weight is 723 g/mol. The van der Waals surface area contributed by atoms with Crippen LogP contribution in [0.5, 0.6) is 5.75 Å². The summed E-state index contributed by atoms with van der Waals surface area (Å²) in [5.74, 6) is -3.09. The lowest BCUT2D eigenvalue weighted by atomic mass is 9.85. The van der Waals surface area contributed by atoms with E-state index in [1.165, 1.54) is 11.3 Å². The standard InChI is InChI=1S/C37H34ClF3N4O4S/c1-19-13-27(35-34(42-19)29(18-50-35)37(47)48)26-14-22(38)3-6-32(26)49-12-11-45-20(2)43-31-5-4-24(17-28(31)36(45)46)44-9-7-21(8-10-44)25-15-23(39)16-30(40)33(25)41/h3,6,13-16,18,21,24H,4-5,7-12,17H2,1-2H3,(H,47,48)/t24-/m0/s1. The smallest absolute Gasteiger partial charge is 0.338 e. The van der Waals surface area contributed by atoms with Crippen molar-refractivity contribution < 1.29 is 27.8 Å². The average Bonchev–Trinajstić information content (AvgIpc) is 3.52. The molecule has 0 spiro atoms. The second-order valence-corrected chi connectivity index (χ2v) is 14.3. The molecule has 3 aromatic heterocycles. The maximum absolute atomic E-state index is 14.5. The molecular weight excluding hydrogens is 689 g/mol. The number of thiophene rings is 1. The molecule has 1 N–H and O–H groups in total. The van der Waals surface area contributed by atoms with Gasteiger partial charge in [0, 0.05) is 44.9 Å². The van der Waals surface area contributed by atoms with Gasteiger partial charge in [-0.15, -0.1) is 11.3 Å². The molecule has 0 saturated carbocycles. The van der Waals surface area contributed by atoms with Crippen molar-refractivity contribution in [2.45, 2.75) is 64.5 Å². The highest BCUT2D eigenvalue weighted by Gasteiger charge is 2.32. The zero-order valence-electron chi connectivity index (χ0n) is 27.4. The van der Waals surface area contributed by atoms with Crippen molar-refractivity contribution in [2.24, 2.45) is 0 Å². The Bertz CT molecular complexity index is 2200. The minimum absolute atomic E-state index is 0.0923. The van der Waals surface area contributed by atoms with E-state index in [1.54, 1.807) is 35.1 Å². The number of benzene rings is 2. The molecule has 1 aliphatic heterocycles. The van der Waals surface area contributed by atoms with Gasteiger partial charge in [-0.3, -0.25) is 19.2 Å². The van der Waals surface area contributed by atoms with Crippen LogP contribution in [0.1, 0.15) is 63.9 Å². The molecule has 1 saturated heterocycles. The zero-order chi connectivity index (χ0) is 35.3. The molecule has 50 heavy (non-hydrogen) atoms. The highest BCUT2D eigenvalue weighted by atomic mass is 35.5. The number of hydrogen-bond donors (Lipinski definition) is 1. The number of likely N-dealkylation sites (tertiary alicyclic amines) is 1. The summed E-state index contributed by atoms with van der Waals surface area (Å²) in [4.78, 5) is 37.3. The van der Waals surface area contributed by atoms with Crippen LogP contribution in [0.4, 0.5) is 13.2 Å². The molecule has 8 nitrogen and oxygen atoms in total. The first-order chi connectivity index (χ1) is 24.0. The van der Waals surface area contributed by atoms with E-state index in [2.05, 4.69) is 9.88 Å². The zero-order valence-corrected chi connectivity index (χ0v) is 29.0. The topological polar surface area (TPSA) is 97.6 Å². The number of halogens is 4. The molecule has 1 fully saturated rings. The van der Waals surface area contributed by atoms with Crippen LogP contribution in [0.3, 0.4) is 0 Å². The van der Waals surface area contributed by atoms with Crippen LogP contribution in [0.25, 0.3) is 21.3 Å². The highest BCUT2D eigenvalue weighted by molar-refractivity contribution is 7.18. The predicted molar refractivity (Wildman–Crippen MR) is 186 cm³/mol. The molecular formula is C37H34ClF3N4O4S. The van der Waals surface area contributed by atoms with E-state index < -0.39 is 23.4 Å². The summed E-state index contributed by atoms with van der Waals surface area (Å²) in [5.41, 5.74) is 4.13. The second kappa shape index (κ2) is 13.8. The second-order valence-electron chi connectivity index (χ2n) is 13.0. The van der Waals surface area contributed by atoms with Gasteiger partial charge >= 0.3 is 5.97 Å². The minimum Gasteiger partial charge on any atom is -0.491 e. The Morgan fingerprint density at radius 2 is 1.84 bits per heavy atom. The number of aromatic carboxylic acids is 1. The van der Waals surface area contributed by atoms with Crippen LogP contribution in [-0.4, -0.2) is 56.2 Å². The maximum Gasteiger partial charge on any atom is 0.338 e. The maximum atomic E-state index is 14.5. The normalized spacial score (nSPS) is 16.9. The van der Waals surface area contributed by atoms with Crippen LogP contribution in [0.2, 0.25) is 5.02 Å². The van der Waals surface area contributed by atoms with Gasteiger partial charge in [0.15, 0.2) is 11.6 Å². The summed E-state index contributed by atoms with van der Waals surface area (Å²) in [6, 6.07) is 8.92. The number of carbonyl (C=O) groups is 1. The Balaban J connectivity index is 1.06. The van der Waals surface area contributed by atoms with Gasteiger partial charge in [0.25, 0.3) is 5.56 Å². The molecule has 1 aliphatic carbocycles. The largest absolute Gasteiger partial charge is 0.491 e. The number of aryl methyl sites for hydroxylation is 3. The first-order valence-corrected chi connectivity index (χ1v) is 17.8. The van der Waals surface area contributed by atoms with E-state index in [-0.39, 0.29) is 41.8 Å². The molecule has 5 aromatic rings. The fourth-order valence-electron chi connectivity index (χ4n) is 7.41. The molecule has 0 amide bonds. The van der Waals surface area contributed by atoms with Crippen LogP contribution in [0.15, 0.2) is 46.6 Å². The Hall–Kier alpha value is -4.26. The van der Waals surface area contributed by atoms with Gasteiger partial charge in [-0.05, 0) is 101 Å². The van der Waals surface area contributed by atoms with Gasteiger partial charge in [-0.25, -0.2) is 22.9 Å². The lowest BCUT2D eigenvalue weighted by Crippen LogP contribution is -2.46. The molecule has 1 atom stereocenters. The van der Waals surface area contributed by atoms with Crippen molar-refractivity contribution in [1.29, 1.82) is 0 Å². The Labute approximate surface area is 295 Å². The number of ether oxygens (including phenoxy) is 1. The van der Waals surface area contributed by atoms with Gasteiger partial charge in [-0.1, -0.05) is 11.6 Å². The van der Waals surface area contributed by atoms with Crippen LogP contribution < -0.4 is 10.3 Å². The quantitative estimate of drug-likeness (QED) is 0.164. The Morgan fingerprint density at radius 1 is 1.06 bits per heavy atom. The van der Waals surface area contributed by atoms with E-state index >= 15 is 0 Å². The number of pyridine rings is 1. The summed E-state index contributed by atoms with van der Waals surface area (Å²) in [6.45, 7) is 5.32. The van der Waals surface area contributed by atoms with E-state index in [1.807, 2.05) is 13.0 Å². The van der Waals surface area contributed by atoms with Crippen LogP contribution in [-0.2, 0) is 19.4 Å². The molecule has 0 radical (unpaired) electrons. The lowest BCUT2D eigenvalue weighted by molar-refractivity contribution is 0.0699. The molecule has 0 bridgehead atoms. The summed E-state index contributed by atoms with van der Waals surface area (Å²) < 4.78 is 50.8.